The molecule has 94 valence electrons. The molecule has 0 heterocycles. The Labute approximate surface area is 103 Å². The second-order valence-electron chi connectivity index (χ2n) is 4.71. The van der Waals surface area contributed by atoms with Crippen molar-refractivity contribution in [3.05, 3.63) is 29.8 Å². The molecule has 0 atom stereocenters. The van der Waals surface area contributed by atoms with Gasteiger partial charge in [0, 0.05) is 0 Å². The van der Waals surface area contributed by atoms with Gasteiger partial charge < -0.3 is 9.47 Å². The molecule has 0 saturated heterocycles. The van der Waals surface area contributed by atoms with E-state index in [1.807, 2.05) is 45.0 Å². The molecule has 3 heteroatoms. The van der Waals surface area contributed by atoms with E-state index >= 15 is 0 Å². The summed E-state index contributed by atoms with van der Waals surface area (Å²) in [7, 11) is 0. The van der Waals surface area contributed by atoms with Crippen LogP contribution in [0.25, 0.3) is 0 Å². The summed E-state index contributed by atoms with van der Waals surface area (Å²) in [5.74, 6) is 0.542. The summed E-state index contributed by atoms with van der Waals surface area (Å²) in [6.07, 6.45) is 0. The lowest BCUT2D eigenvalue weighted by Gasteiger charge is -2.22. The maximum atomic E-state index is 11.6. The number of ether oxygens (including phenoxy) is 2. The van der Waals surface area contributed by atoms with Gasteiger partial charge in [-0.2, -0.15) is 0 Å². The Balaban J connectivity index is 2.54. The Kier molecular flexibility index (Phi) is 4.55. The highest BCUT2D eigenvalue weighted by atomic mass is 16.5. The van der Waals surface area contributed by atoms with Crippen LogP contribution >= 0.6 is 0 Å². The Morgan fingerprint density at radius 3 is 2.35 bits per heavy atom. The standard InChI is InChI=1S/C14H20O3/c1-5-16-13(15)14(3,4)10-17-12-8-6-11(2)7-9-12/h6-9H,5,10H2,1-4H3. The minimum absolute atomic E-state index is 0.230. The van der Waals surface area contributed by atoms with Gasteiger partial charge in [0.15, 0.2) is 0 Å². The molecule has 0 aromatic heterocycles. The average molecular weight is 236 g/mol. The van der Waals surface area contributed by atoms with Crippen LogP contribution in [0.4, 0.5) is 0 Å². The van der Waals surface area contributed by atoms with Gasteiger partial charge in [-0.3, -0.25) is 4.79 Å². The van der Waals surface area contributed by atoms with Crippen LogP contribution in [0.3, 0.4) is 0 Å². The molecule has 1 rings (SSSR count). The molecule has 3 nitrogen and oxygen atoms in total. The van der Waals surface area contributed by atoms with E-state index in [9.17, 15) is 4.79 Å². The highest BCUT2D eigenvalue weighted by molar-refractivity contribution is 5.76. The van der Waals surface area contributed by atoms with E-state index in [0.29, 0.717) is 13.2 Å². The number of esters is 1. The average Bonchev–Trinajstić information content (AvgIpc) is 2.29. The minimum atomic E-state index is -0.624. The van der Waals surface area contributed by atoms with E-state index in [2.05, 4.69) is 0 Å². The third-order valence-corrected chi connectivity index (χ3v) is 2.45. The quantitative estimate of drug-likeness (QED) is 0.737. The van der Waals surface area contributed by atoms with Gasteiger partial charge in [0.05, 0.1) is 12.0 Å². The first-order valence-corrected chi connectivity index (χ1v) is 5.82. The second-order valence-corrected chi connectivity index (χ2v) is 4.71. The molecule has 0 unspecified atom stereocenters. The Morgan fingerprint density at radius 1 is 1.24 bits per heavy atom. The molecular weight excluding hydrogens is 216 g/mol. The largest absolute Gasteiger partial charge is 0.492 e. The van der Waals surface area contributed by atoms with Gasteiger partial charge in [0.1, 0.15) is 12.4 Å². The Hall–Kier alpha value is -1.51. The fraction of sp³-hybridized carbons (Fsp3) is 0.500. The van der Waals surface area contributed by atoms with Crippen LogP contribution in [-0.4, -0.2) is 19.2 Å². The predicted molar refractivity (Wildman–Crippen MR) is 67.1 cm³/mol. The second kappa shape index (κ2) is 5.71. The van der Waals surface area contributed by atoms with Crippen molar-refractivity contribution < 1.29 is 14.3 Å². The van der Waals surface area contributed by atoms with E-state index in [0.717, 1.165) is 5.75 Å². The summed E-state index contributed by atoms with van der Waals surface area (Å²) in [4.78, 5) is 11.6. The van der Waals surface area contributed by atoms with Gasteiger partial charge in [-0.1, -0.05) is 17.7 Å². The smallest absolute Gasteiger partial charge is 0.314 e. The van der Waals surface area contributed by atoms with Gasteiger partial charge in [-0.25, -0.2) is 0 Å². The third kappa shape index (κ3) is 4.10. The van der Waals surface area contributed by atoms with Crippen LogP contribution in [0.1, 0.15) is 26.3 Å². The molecule has 0 bridgehead atoms. The molecule has 17 heavy (non-hydrogen) atoms. The number of hydrogen-bond acceptors (Lipinski definition) is 3. The fourth-order valence-electron chi connectivity index (χ4n) is 1.28. The topological polar surface area (TPSA) is 35.5 Å². The monoisotopic (exact) mass is 236 g/mol. The molecule has 0 radical (unpaired) electrons. The maximum Gasteiger partial charge on any atom is 0.314 e. The van der Waals surface area contributed by atoms with Crippen molar-refractivity contribution in [2.24, 2.45) is 5.41 Å². The van der Waals surface area contributed by atoms with Crippen molar-refractivity contribution >= 4 is 5.97 Å². The molecular formula is C14H20O3. The molecule has 0 N–H and O–H groups in total. The fourth-order valence-corrected chi connectivity index (χ4v) is 1.28. The molecule has 0 saturated carbocycles. The minimum Gasteiger partial charge on any atom is -0.492 e. The molecule has 1 aromatic carbocycles. The summed E-state index contributed by atoms with van der Waals surface area (Å²) in [5, 5.41) is 0. The molecule has 0 spiro atoms. The molecule has 0 aliphatic rings. The van der Waals surface area contributed by atoms with Crippen LogP contribution in [0.15, 0.2) is 24.3 Å². The molecule has 0 aliphatic carbocycles. The highest BCUT2D eigenvalue weighted by Gasteiger charge is 2.30. The van der Waals surface area contributed by atoms with Crippen molar-refractivity contribution in [1.82, 2.24) is 0 Å². The SMILES string of the molecule is CCOC(=O)C(C)(C)COc1ccc(C)cc1. The van der Waals surface area contributed by atoms with E-state index in [-0.39, 0.29) is 5.97 Å². The summed E-state index contributed by atoms with van der Waals surface area (Å²) < 4.78 is 10.6. The summed E-state index contributed by atoms with van der Waals surface area (Å²) in [5.41, 5.74) is 0.558. The van der Waals surface area contributed by atoms with Crippen molar-refractivity contribution in [2.45, 2.75) is 27.7 Å². The summed E-state index contributed by atoms with van der Waals surface area (Å²) >= 11 is 0. The lowest BCUT2D eigenvalue weighted by Crippen LogP contribution is -2.32. The van der Waals surface area contributed by atoms with Crippen LogP contribution < -0.4 is 4.74 Å². The molecule has 0 amide bonds. The number of carbonyl (C=O) groups is 1. The van der Waals surface area contributed by atoms with E-state index in [1.54, 1.807) is 6.92 Å². The zero-order valence-corrected chi connectivity index (χ0v) is 10.9. The lowest BCUT2D eigenvalue weighted by molar-refractivity contribution is -0.155. The predicted octanol–water partition coefficient (Wildman–Crippen LogP) is 2.96. The van der Waals surface area contributed by atoms with Gasteiger partial charge in [-0.05, 0) is 39.8 Å². The maximum absolute atomic E-state index is 11.6. The van der Waals surface area contributed by atoms with Gasteiger partial charge in [-0.15, -0.1) is 0 Å². The van der Waals surface area contributed by atoms with Gasteiger partial charge in [0.25, 0.3) is 0 Å². The number of aryl methyl sites for hydroxylation is 1. The van der Waals surface area contributed by atoms with E-state index in [4.69, 9.17) is 9.47 Å². The van der Waals surface area contributed by atoms with Crippen LogP contribution in [-0.2, 0) is 9.53 Å². The summed E-state index contributed by atoms with van der Waals surface area (Å²) in [6.45, 7) is 8.17. The highest BCUT2D eigenvalue weighted by Crippen LogP contribution is 2.20. The normalized spacial score (nSPS) is 11.1. The van der Waals surface area contributed by atoms with E-state index < -0.39 is 5.41 Å². The molecule has 0 aliphatic heterocycles. The van der Waals surface area contributed by atoms with Crippen molar-refractivity contribution in [3.63, 3.8) is 0 Å². The van der Waals surface area contributed by atoms with Gasteiger partial charge >= 0.3 is 5.97 Å². The zero-order chi connectivity index (χ0) is 12.9. The first kappa shape index (κ1) is 13.6. The Bertz CT molecular complexity index is 366. The number of benzene rings is 1. The van der Waals surface area contributed by atoms with E-state index in [1.165, 1.54) is 5.56 Å². The van der Waals surface area contributed by atoms with Crippen molar-refractivity contribution in [1.29, 1.82) is 0 Å². The first-order valence-electron chi connectivity index (χ1n) is 5.82. The first-order chi connectivity index (χ1) is 7.95. The Morgan fingerprint density at radius 2 is 1.82 bits per heavy atom. The number of hydrogen-bond donors (Lipinski definition) is 0. The van der Waals surface area contributed by atoms with Gasteiger partial charge in [0.2, 0.25) is 0 Å². The summed E-state index contributed by atoms with van der Waals surface area (Å²) in [6, 6.07) is 7.76. The van der Waals surface area contributed by atoms with Crippen molar-refractivity contribution in [2.75, 3.05) is 13.2 Å². The van der Waals surface area contributed by atoms with Crippen molar-refractivity contribution in [3.8, 4) is 5.75 Å². The molecule has 1 aromatic rings. The zero-order valence-electron chi connectivity index (χ0n) is 10.9. The van der Waals surface area contributed by atoms with Crippen LogP contribution in [0.5, 0.6) is 5.75 Å². The van der Waals surface area contributed by atoms with Crippen LogP contribution in [0, 0.1) is 12.3 Å². The lowest BCUT2D eigenvalue weighted by atomic mass is 9.95. The number of carbonyl (C=O) groups excluding carboxylic acids is 1. The third-order valence-electron chi connectivity index (χ3n) is 2.45. The van der Waals surface area contributed by atoms with Crippen LogP contribution in [0.2, 0.25) is 0 Å². The number of rotatable bonds is 5. The molecule has 0 fully saturated rings.